The molecule has 3 N–H and O–H groups in total. The van der Waals surface area contributed by atoms with Crippen molar-refractivity contribution in [2.24, 2.45) is 11.1 Å². The van der Waals surface area contributed by atoms with E-state index in [-0.39, 0.29) is 11.9 Å². The Morgan fingerprint density at radius 1 is 1.32 bits per heavy atom. The molecule has 0 bridgehead atoms. The molecule has 0 saturated carbocycles. The number of halogens is 1. The first kappa shape index (κ1) is 16.2. The van der Waals surface area contributed by atoms with Crippen LogP contribution < -0.4 is 11.1 Å². The monoisotopic (exact) mass is 326 g/mol. The molecule has 0 fully saturated rings. The van der Waals surface area contributed by atoms with Crippen LogP contribution in [0.15, 0.2) is 28.7 Å². The Morgan fingerprint density at radius 2 is 1.89 bits per heavy atom. The van der Waals surface area contributed by atoms with E-state index in [1.54, 1.807) is 0 Å². The maximum atomic E-state index is 12.4. The molecule has 1 rings (SSSR count). The third-order valence-corrected chi connectivity index (χ3v) is 4.37. The summed E-state index contributed by atoms with van der Waals surface area (Å²) in [4.78, 5) is 12.4. The van der Waals surface area contributed by atoms with Crippen molar-refractivity contribution in [1.82, 2.24) is 5.32 Å². The lowest BCUT2D eigenvalue weighted by Crippen LogP contribution is -2.55. The zero-order chi connectivity index (χ0) is 14.8. The van der Waals surface area contributed by atoms with Crippen molar-refractivity contribution in [3.63, 3.8) is 0 Å². The van der Waals surface area contributed by atoms with Gasteiger partial charge in [0.1, 0.15) is 0 Å². The summed E-state index contributed by atoms with van der Waals surface area (Å²) < 4.78 is 1.00. The molecular formula is C15H23BrN2O. The van der Waals surface area contributed by atoms with Crippen molar-refractivity contribution in [2.45, 2.75) is 46.2 Å². The van der Waals surface area contributed by atoms with Gasteiger partial charge in [0.15, 0.2) is 0 Å². The molecule has 0 unspecified atom stereocenters. The van der Waals surface area contributed by atoms with Crippen LogP contribution in [-0.4, -0.2) is 11.4 Å². The largest absolute Gasteiger partial charge is 0.349 e. The average molecular weight is 327 g/mol. The predicted octanol–water partition coefficient (Wildman–Crippen LogP) is 3.39. The average Bonchev–Trinajstić information content (AvgIpc) is 2.27. The molecule has 1 aromatic carbocycles. The predicted molar refractivity (Wildman–Crippen MR) is 82.7 cm³/mol. The highest BCUT2D eigenvalue weighted by Gasteiger charge is 2.40. The third-order valence-electron chi connectivity index (χ3n) is 3.87. The van der Waals surface area contributed by atoms with E-state index < -0.39 is 11.0 Å². The number of hydrogen-bond donors (Lipinski definition) is 2. The molecule has 4 heteroatoms. The molecule has 1 aromatic rings. The number of rotatable bonds is 4. The topological polar surface area (TPSA) is 55.1 Å². The maximum Gasteiger partial charge on any atom is 0.227 e. The number of amides is 1. The lowest BCUT2D eigenvalue weighted by Gasteiger charge is -2.37. The van der Waals surface area contributed by atoms with Crippen molar-refractivity contribution in [1.29, 1.82) is 0 Å². The summed E-state index contributed by atoms with van der Waals surface area (Å²) in [5.74, 6) is -0.0347. The number of nitrogens with one attached hydrogen (secondary N) is 1. The van der Waals surface area contributed by atoms with E-state index in [0.29, 0.717) is 0 Å². The summed E-state index contributed by atoms with van der Waals surface area (Å²) in [5.41, 5.74) is 5.94. The molecule has 19 heavy (non-hydrogen) atoms. The van der Waals surface area contributed by atoms with Crippen molar-refractivity contribution >= 4 is 21.8 Å². The standard InChI is InChI=1S/C15H23BrN2O/c1-10(11-7-6-8-12(16)9-11)18-13(19)14(2,3)15(4,5)17/h6-10H,17H2,1-5H3,(H,18,19)/t10-/m0/s1. The van der Waals surface area contributed by atoms with Gasteiger partial charge in [-0.1, -0.05) is 28.1 Å². The van der Waals surface area contributed by atoms with E-state index in [4.69, 9.17) is 5.73 Å². The Balaban J connectivity index is 2.83. The second-order valence-electron chi connectivity index (χ2n) is 6.10. The van der Waals surface area contributed by atoms with Gasteiger partial charge in [0.05, 0.1) is 11.5 Å². The second kappa shape index (κ2) is 5.63. The SMILES string of the molecule is C[C@H](NC(=O)C(C)(C)C(C)(C)N)c1cccc(Br)c1. The van der Waals surface area contributed by atoms with Gasteiger partial charge in [0.2, 0.25) is 5.91 Å². The molecule has 0 aliphatic rings. The van der Waals surface area contributed by atoms with Crippen molar-refractivity contribution < 1.29 is 4.79 Å². The molecule has 0 spiro atoms. The minimum atomic E-state index is -0.632. The number of carbonyl (C=O) groups is 1. The van der Waals surface area contributed by atoms with E-state index in [9.17, 15) is 4.79 Å². The van der Waals surface area contributed by atoms with E-state index in [2.05, 4.69) is 21.2 Å². The van der Waals surface area contributed by atoms with Gasteiger partial charge in [0.25, 0.3) is 0 Å². The Bertz CT molecular complexity index is 463. The fraction of sp³-hybridized carbons (Fsp3) is 0.533. The summed E-state index contributed by atoms with van der Waals surface area (Å²) in [6.07, 6.45) is 0. The van der Waals surface area contributed by atoms with Gasteiger partial charge < -0.3 is 11.1 Å². The number of benzene rings is 1. The molecule has 0 radical (unpaired) electrons. The number of hydrogen-bond acceptors (Lipinski definition) is 2. The van der Waals surface area contributed by atoms with E-state index in [0.717, 1.165) is 10.0 Å². The Morgan fingerprint density at radius 3 is 2.37 bits per heavy atom. The summed E-state index contributed by atoms with van der Waals surface area (Å²) >= 11 is 3.44. The molecular weight excluding hydrogens is 304 g/mol. The lowest BCUT2D eigenvalue weighted by atomic mass is 9.74. The van der Waals surface area contributed by atoms with Crippen LogP contribution in [-0.2, 0) is 4.79 Å². The smallest absolute Gasteiger partial charge is 0.227 e. The normalized spacial score (nSPS) is 14.1. The summed E-state index contributed by atoms with van der Waals surface area (Å²) in [7, 11) is 0. The number of carbonyl (C=O) groups excluding carboxylic acids is 1. The third kappa shape index (κ3) is 3.80. The van der Waals surface area contributed by atoms with Gasteiger partial charge in [-0.2, -0.15) is 0 Å². The summed E-state index contributed by atoms with van der Waals surface area (Å²) in [6, 6.07) is 7.87. The maximum absolute atomic E-state index is 12.4. The highest BCUT2D eigenvalue weighted by atomic mass is 79.9. The Hall–Kier alpha value is -0.870. The van der Waals surface area contributed by atoms with Crippen LogP contribution in [0.4, 0.5) is 0 Å². The van der Waals surface area contributed by atoms with Crippen molar-refractivity contribution in [3.8, 4) is 0 Å². The zero-order valence-corrected chi connectivity index (χ0v) is 13.8. The molecule has 0 aliphatic heterocycles. The highest BCUT2D eigenvalue weighted by Crippen LogP contribution is 2.29. The van der Waals surface area contributed by atoms with Crippen LogP contribution in [0.1, 0.15) is 46.2 Å². The first-order valence-corrected chi connectivity index (χ1v) is 7.20. The van der Waals surface area contributed by atoms with Crippen molar-refractivity contribution in [2.75, 3.05) is 0 Å². The molecule has 0 saturated heterocycles. The Labute approximate surface area is 124 Å². The molecule has 0 aromatic heterocycles. The van der Waals surface area contributed by atoms with E-state index >= 15 is 0 Å². The number of nitrogens with two attached hydrogens (primary N) is 1. The molecule has 3 nitrogen and oxygen atoms in total. The van der Waals surface area contributed by atoms with Crippen LogP contribution in [0.2, 0.25) is 0 Å². The fourth-order valence-corrected chi connectivity index (χ4v) is 1.95. The first-order chi connectivity index (χ1) is 8.55. The van der Waals surface area contributed by atoms with Gasteiger partial charge in [0, 0.05) is 10.0 Å². The van der Waals surface area contributed by atoms with Gasteiger partial charge in [-0.25, -0.2) is 0 Å². The second-order valence-corrected chi connectivity index (χ2v) is 7.01. The lowest BCUT2D eigenvalue weighted by molar-refractivity contribution is -0.132. The van der Waals surface area contributed by atoms with Gasteiger partial charge in [-0.15, -0.1) is 0 Å². The van der Waals surface area contributed by atoms with Crippen LogP contribution >= 0.6 is 15.9 Å². The molecule has 1 amide bonds. The molecule has 0 heterocycles. The van der Waals surface area contributed by atoms with E-state index in [1.807, 2.05) is 58.9 Å². The minimum Gasteiger partial charge on any atom is -0.349 e. The minimum absolute atomic E-state index is 0.0347. The van der Waals surface area contributed by atoms with Gasteiger partial charge in [-0.3, -0.25) is 4.79 Å². The van der Waals surface area contributed by atoms with Crippen LogP contribution in [0.5, 0.6) is 0 Å². The highest BCUT2D eigenvalue weighted by molar-refractivity contribution is 9.10. The Kier molecular flexibility index (Phi) is 4.80. The van der Waals surface area contributed by atoms with E-state index in [1.165, 1.54) is 0 Å². The molecule has 1 atom stereocenters. The van der Waals surface area contributed by atoms with Crippen LogP contribution in [0.3, 0.4) is 0 Å². The quantitative estimate of drug-likeness (QED) is 0.891. The summed E-state index contributed by atoms with van der Waals surface area (Å²) in [6.45, 7) is 9.46. The van der Waals surface area contributed by atoms with Crippen LogP contribution in [0, 0.1) is 5.41 Å². The fourth-order valence-electron chi connectivity index (χ4n) is 1.53. The zero-order valence-electron chi connectivity index (χ0n) is 12.3. The van der Waals surface area contributed by atoms with Gasteiger partial charge in [-0.05, 0) is 52.3 Å². The molecule has 0 aliphatic carbocycles. The van der Waals surface area contributed by atoms with Crippen molar-refractivity contribution in [3.05, 3.63) is 34.3 Å². The summed E-state index contributed by atoms with van der Waals surface area (Å²) in [5, 5.41) is 3.03. The van der Waals surface area contributed by atoms with Crippen LogP contribution in [0.25, 0.3) is 0 Å². The molecule has 106 valence electrons. The first-order valence-electron chi connectivity index (χ1n) is 6.41. The van der Waals surface area contributed by atoms with Gasteiger partial charge >= 0.3 is 0 Å².